The Morgan fingerprint density at radius 3 is 2.52 bits per heavy atom. The van der Waals surface area contributed by atoms with Crippen LogP contribution in [0.3, 0.4) is 0 Å². The van der Waals surface area contributed by atoms with E-state index < -0.39 is 23.4 Å². The van der Waals surface area contributed by atoms with Crippen LogP contribution in [0.2, 0.25) is 0 Å². The van der Waals surface area contributed by atoms with E-state index in [2.05, 4.69) is 0 Å². The van der Waals surface area contributed by atoms with E-state index >= 15 is 0 Å². The molecule has 0 bridgehead atoms. The molecule has 7 nitrogen and oxygen atoms in total. The van der Waals surface area contributed by atoms with Crippen molar-refractivity contribution in [3.63, 3.8) is 0 Å². The van der Waals surface area contributed by atoms with Crippen LogP contribution in [0.1, 0.15) is 22.6 Å². The predicted molar refractivity (Wildman–Crippen MR) is 122 cm³/mol. The van der Waals surface area contributed by atoms with Gasteiger partial charge in [-0.3, -0.25) is 9.36 Å². The molecule has 31 heavy (non-hydrogen) atoms. The maximum absolute atomic E-state index is 13.2. The number of rotatable bonds is 5. The maximum Gasteiger partial charge on any atom is 0.338 e. The molecule has 160 valence electrons. The van der Waals surface area contributed by atoms with Crippen LogP contribution in [0.15, 0.2) is 45.4 Å². The van der Waals surface area contributed by atoms with Crippen molar-refractivity contribution in [3.8, 4) is 0 Å². The molecule has 0 amide bonds. The first-order valence-electron chi connectivity index (χ1n) is 9.28. The number of methoxy groups -OCH3 is 1. The van der Waals surface area contributed by atoms with Crippen LogP contribution in [0.5, 0.6) is 0 Å². The van der Waals surface area contributed by atoms with Gasteiger partial charge >= 0.3 is 11.9 Å². The average molecular weight is 475 g/mol. The Hall–Kier alpha value is -2.95. The molecule has 3 aromatic heterocycles. The van der Waals surface area contributed by atoms with Crippen LogP contribution in [0, 0.1) is 0 Å². The van der Waals surface area contributed by atoms with E-state index in [1.807, 2.05) is 35.0 Å². The molecule has 0 aliphatic carbocycles. The summed E-state index contributed by atoms with van der Waals surface area (Å²) in [6.45, 7) is 1.81. The fourth-order valence-corrected chi connectivity index (χ4v) is 6.14. The molecule has 1 atom stereocenters. The highest BCUT2D eigenvalue weighted by Crippen LogP contribution is 2.39. The summed E-state index contributed by atoms with van der Waals surface area (Å²) in [4.78, 5) is 40.7. The number of nitrogens with zero attached hydrogens (tertiary/aromatic N) is 1. The fraction of sp³-hybridized carbons (Fsp3) is 0.190. The van der Waals surface area contributed by atoms with Crippen molar-refractivity contribution in [3.05, 3.63) is 69.9 Å². The first-order chi connectivity index (χ1) is 15.0. The molecule has 0 radical (unpaired) electrons. The zero-order valence-electron chi connectivity index (χ0n) is 16.6. The van der Waals surface area contributed by atoms with Crippen LogP contribution < -0.4 is 20.5 Å². The molecule has 0 fully saturated rings. The standard InChI is InChI=1S/C21H18N2O5S3/c1-3-28-21(26)15-14(12-7-5-9-30-12)16(20(25)27-2)19-23(17(15)22)18(24)13(31-19)10-11-6-4-8-29-11/h4-10,14H,3,22H2,1-2H3/b13-10+/t14-/m1/s1. The van der Waals surface area contributed by atoms with Crippen molar-refractivity contribution in [2.24, 2.45) is 5.73 Å². The number of esters is 2. The summed E-state index contributed by atoms with van der Waals surface area (Å²) in [5, 5.41) is 3.75. The summed E-state index contributed by atoms with van der Waals surface area (Å²) in [6.07, 6.45) is 1.75. The zero-order valence-corrected chi connectivity index (χ0v) is 19.1. The molecule has 0 saturated heterocycles. The van der Waals surface area contributed by atoms with Gasteiger partial charge in [0, 0.05) is 9.75 Å². The smallest absolute Gasteiger partial charge is 0.338 e. The summed E-state index contributed by atoms with van der Waals surface area (Å²) in [5.41, 5.74) is 6.23. The van der Waals surface area contributed by atoms with E-state index in [4.69, 9.17) is 15.2 Å². The van der Waals surface area contributed by atoms with Crippen LogP contribution in [-0.4, -0.2) is 30.2 Å². The second-order valence-corrected chi connectivity index (χ2v) is 9.43. The van der Waals surface area contributed by atoms with Gasteiger partial charge in [0.05, 0.1) is 35.3 Å². The van der Waals surface area contributed by atoms with Crippen molar-refractivity contribution < 1.29 is 19.1 Å². The first kappa shape index (κ1) is 21.3. The van der Waals surface area contributed by atoms with Gasteiger partial charge in [-0.1, -0.05) is 12.1 Å². The molecule has 4 heterocycles. The lowest BCUT2D eigenvalue weighted by Gasteiger charge is -2.25. The van der Waals surface area contributed by atoms with E-state index in [0.717, 1.165) is 21.1 Å². The third kappa shape index (κ3) is 3.67. The summed E-state index contributed by atoms with van der Waals surface area (Å²) in [7, 11) is 1.27. The van der Waals surface area contributed by atoms with Crippen molar-refractivity contribution in [2.45, 2.75) is 12.8 Å². The number of thiazole rings is 1. The molecule has 4 rings (SSSR count). The second-order valence-electron chi connectivity index (χ2n) is 6.44. The van der Waals surface area contributed by atoms with Crippen molar-refractivity contribution in [1.82, 2.24) is 4.57 Å². The Bertz CT molecular complexity index is 1340. The first-order valence-corrected chi connectivity index (χ1v) is 11.9. The van der Waals surface area contributed by atoms with Crippen molar-refractivity contribution in [1.29, 1.82) is 0 Å². The second kappa shape index (κ2) is 8.66. The van der Waals surface area contributed by atoms with Gasteiger partial charge < -0.3 is 15.2 Å². The zero-order chi connectivity index (χ0) is 22.1. The van der Waals surface area contributed by atoms with E-state index in [0.29, 0.717) is 9.20 Å². The lowest BCUT2D eigenvalue weighted by Crippen LogP contribution is -2.41. The van der Waals surface area contributed by atoms with Gasteiger partial charge in [0.1, 0.15) is 10.5 Å². The number of ether oxygens (including phenoxy) is 2. The van der Waals surface area contributed by atoms with Crippen LogP contribution >= 0.6 is 34.0 Å². The van der Waals surface area contributed by atoms with Gasteiger partial charge in [-0.2, -0.15) is 0 Å². The maximum atomic E-state index is 13.2. The highest BCUT2D eigenvalue weighted by atomic mass is 32.1. The molecule has 0 aromatic carbocycles. The SMILES string of the molecule is CCOC(=O)C1=C(N)n2c(s/c(=C/c3cccs3)c2=O)=C(C(=O)OC)[C@@H]1c1cccs1. The Morgan fingerprint density at radius 1 is 1.16 bits per heavy atom. The Labute approximate surface area is 189 Å². The number of hydrogen-bond acceptors (Lipinski definition) is 9. The topological polar surface area (TPSA) is 101 Å². The third-order valence-electron chi connectivity index (χ3n) is 4.69. The van der Waals surface area contributed by atoms with Gasteiger partial charge in [-0.25, -0.2) is 9.59 Å². The molecule has 1 aliphatic rings. The molecular formula is C21H18N2O5S3. The number of fused-ring (bicyclic) bond motifs is 1. The summed E-state index contributed by atoms with van der Waals surface area (Å²) in [5.74, 6) is -2.14. The predicted octanol–water partition coefficient (Wildman–Crippen LogP) is 1.67. The lowest BCUT2D eigenvalue weighted by molar-refractivity contribution is -0.138. The van der Waals surface area contributed by atoms with Crippen LogP contribution in [-0.2, 0) is 19.1 Å². The Morgan fingerprint density at radius 2 is 1.90 bits per heavy atom. The lowest BCUT2D eigenvalue weighted by atomic mass is 9.88. The number of carbonyl (C=O) groups is 2. The van der Waals surface area contributed by atoms with Gasteiger partial charge in [0.15, 0.2) is 0 Å². The molecule has 1 aliphatic heterocycles. The molecule has 10 heteroatoms. The van der Waals surface area contributed by atoms with Crippen molar-refractivity contribution in [2.75, 3.05) is 13.7 Å². The molecule has 3 aromatic rings. The van der Waals surface area contributed by atoms with E-state index in [1.165, 1.54) is 34.4 Å². The highest BCUT2D eigenvalue weighted by Gasteiger charge is 2.40. The molecular weight excluding hydrogens is 456 g/mol. The van der Waals surface area contributed by atoms with Crippen LogP contribution in [0.4, 0.5) is 0 Å². The largest absolute Gasteiger partial charge is 0.466 e. The molecule has 0 saturated carbocycles. The Kier molecular flexibility index (Phi) is 5.94. The van der Waals surface area contributed by atoms with Gasteiger partial charge in [-0.15, -0.1) is 34.0 Å². The van der Waals surface area contributed by atoms with E-state index in [1.54, 1.807) is 13.0 Å². The Balaban J connectivity index is 2.12. The number of hydrogen-bond donors (Lipinski definition) is 1. The summed E-state index contributed by atoms with van der Waals surface area (Å²) in [6, 6.07) is 7.40. The molecule has 0 unspecified atom stereocenters. The van der Waals surface area contributed by atoms with Gasteiger partial charge in [-0.05, 0) is 35.9 Å². The van der Waals surface area contributed by atoms with Crippen molar-refractivity contribution >= 4 is 63.4 Å². The number of thiophene rings is 2. The average Bonchev–Trinajstić information content (AvgIpc) is 3.50. The highest BCUT2D eigenvalue weighted by molar-refractivity contribution is 7.11. The number of carbonyl (C=O) groups excluding carboxylic acids is 2. The number of aromatic nitrogens is 1. The van der Waals surface area contributed by atoms with E-state index in [9.17, 15) is 14.4 Å². The summed E-state index contributed by atoms with van der Waals surface area (Å²) >= 11 is 4.01. The minimum atomic E-state index is -0.792. The van der Waals surface area contributed by atoms with Crippen LogP contribution in [0.25, 0.3) is 17.5 Å². The van der Waals surface area contributed by atoms with Gasteiger partial charge in [0.2, 0.25) is 0 Å². The normalized spacial score (nSPS) is 16.4. The van der Waals surface area contributed by atoms with Gasteiger partial charge in [0.25, 0.3) is 5.56 Å². The monoisotopic (exact) mass is 474 g/mol. The minimum Gasteiger partial charge on any atom is -0.466 e. The third-order valence-corrected chi connectivity index (χ3v) is 7.56. The minimum absolute atomic E-state index is 0.0356. The fourth-order valence-electron chi connectivity index (χ4n) is 3.41. The molecule has 0 spiro atoms. The summed E-state index contributed by atoms with van der Waals surface area (Å²) < 4.78 is 12.2. The van der Waals surface area contributed by atoms with E-state index in [-0.39, 0.29) is 23.6 Å². The quantitative estimate of drug-likeness (QED) is 0.565. The molecule has 2 N–H and O–H groups in total. The number of nitrogens with two attached hydrogens (primary N) is 1.